The molecule has 0 aromatic heterocycles. The molecule has 0 fully saturated rings. The number of rotatable bonds is 2. The predicted molar refractivity (Wildman–Crippen MR) is 61.6 cm³/mol. The third-order valence-corrected chi connectivity index (χ3v) is 2.03. The Kier molecular flexibility index (Phi) is 3.86. The second-order valence-electron chi connectivity index (χ2n) is 3.47. The van der Waals surface area contributed by atoms with Crippen molar-refractivity contribution in [2.45, 2.75) is 0 Å². The number of hydrogen-bond acceptors (Lipinski definition) is 3. The Balaban J connectivity index is 3.16. The smallest absolute Gasteiger partial charge is 0.321 e. The van der Waals surface area contributed by atoms with Gasteiger partial charge in [0.05, 0.1) is 11.3 Å². The van der Waals surface area contributed by atoms with Crippen LogP contribution in [0.4, 0.5) is 14.9 Å². The zero-order valence-corrected chi connectivity index (χ0v) is 9.44. The van der Waals surface area contributed by atoms with E-state index in [0.29, 0.717) is 0 Å². The average molecular weight is 240 g/mol. The third kappa shape index (κ3) is 2.83. The molecule has 1 aromatic rings. The number of anilines is 1. The number of urea groups is 1. The first-order valence-corrected chi connectivity index (χ1v) is 4.72. The second kappa shape index (κ2) is 5.15. The molecule has 0 saturated heterocycles. The summed E-state index contributed by atoms with van der Waals surface area (Å²) in [5, 5.41) is 13.7. The molecule has 17 heavy (non-hydrogen) atoms. The Morgan fingerprint density at radius 2 is 2.18 bits per heavy atom. The molecule has 0 aliphatic rings. The molecule has 0 aliphatic carbocycles. The van der Waals surface area contributed by atoms with Crippen molar-refractivity contribution in [1.29, 1.82) is 0 Å². The van der Waals surface area contributed by atoms with Gasteiger partial charge in [0.25, 0.3) is 0 Å². The second-order valence-corrected chi connectivity index (χ2v) is 3.47. The van der Waals surface area contributed by atoms with Gasteiger partial charge < -0.3 is 21.2 Å². The van der Waals surface area contributed by atoms with E-state index in [9.17, 15) is 9.18 Å². The lowest BCUT2D eigenvalue weighted by Gasteiger charge is -2.14. The molecule has 0 unspecified atom stereocenters. The Bertz CT molecular complexity index is 460. The van der Waals surface area contributed by atoms with Crippen LogP contribution in [0.3, 0.4) is 0 Å². The lowest BCUT2D eigenvalue weighted by atomic mass is 10.1. The number of nitrogens with two attached hydrogens (primary N) is 1. The van der Waals surface area contributed by atoms with Crippen molar-refractivity contribution in [3.63, 3.8) is 0 Å². The zero-order chi connectivity index (χ0) is 13.0. The van der Waals surface area contributed by atoms with E-state index in [1.54, 1.807) is 0 Å². The van der Waals surface area contributed by atoms with Gasteiger partial charge in [-0.3, -0.25) is 0 Å². The van der Waals surface area contributed by atoms with Crippen molar-refractivity contribution >= 4 is 17.6 Å². The zero-order valence-electron chi connectivity index (χ0n) is 9.44. The number of carbonyl (C=O) groups excluding carboxylic acids is 1. The molecule has 0 aliphatic heterocycles. The van der Waals surface area contributed by atoms with Crippen LogP contribution in [0, 0.1) is 5.82 Å². The van der Waals surface area contributed by atoms with E-state index in [1.807, 2.05) is 0 Å². The molecule has 7 heteroatoms. The first-order valence-electron chi connectivity index (χ1n) is 4.72. The molecule has 4 N–H and O–H groups in total. The van der Waals surface area contributed by atoms with Crippen molar-refractivity contribution < 1.29 is 14.4 Å². The van der Waals surface area contributed by atoms with Gasteiger partial charge in [-0.25, -0.2) is 9.18 Å². The quantitative estimate of drug-likeness (QED) is 0.312. The van der Waals surface area contributed by atoms with Gasteiger partial charge >= 0.3 is 6.03 Å². The van der Waals surface area contributed by atoms with Crippen molar-refractivity contribution in [2.24, 2.45) is 10.9 Å². The normalized spacial score (nSPS) is 11.1. The third-order valence-electron chi connectivity index (χ3n) is 2.03. The first kappa shape index (κ1) is 12.8. The van der Waals surface area contributed by atoms with E-state index in [4.69, 9.17) is 10.9 Å². The van der Waals surface area contributed by atoms with Crippen LogP contribution in [0.15, 0.2) is 23.4 Å². The molecule has 1 rings (SSSR count). The van der Waals surface area contributed by atoms with Crippen LogP contribution in [0.25, 0.3) is 0 Å². The lowest BCUT2D eigenvalue weighted by Crippen LogP contribution is -2.29. The van der Waals surface area contributed by atoms with Gasteiger partial charge in [0.2, 0.25) is 0 Å². The van der Waals surface area contributed by atoms with Gasteiger partial charge in [0, 0.05) is 14.1 Å². The van der Waals surface area contributed by atoms with Crippen molar-refractivity contribution in [3.05, 3.63) is 29.6 Å². The Morgan fingerprint density at radius 3 is 2.71 bits per heavy atom. The van der Waals surface area contributed by atoms with E-state index in [1.165, 1.54) is 31.1 Å². The maximum Gasteiger partial charge on any atom is 0.321 e. The van der Waals surface area contributed by atoms with Gasteiger partial charge in [-0.1, -0.05) is 11.2 Å². The van der Waals surface area contributed by atoms with Crippen molar-refractivity contribution in [1.82, 2.24) is 4.90 Å². The summed E-state index contributed by atoms with van der Waals surface area (Å²) in [6.45, 7) is 0. The van der Waals surface area contributed by atoms with Gasteiger partial charge in [-0.15, -0.1) is 0 Å². The number of halogens is 1. The summed E-state index contributed by atoms with van der Waals surface area (Å²) in [6, 6.07) is 3.58. The van der Waals surface area contributed by atoms with Gasteiger partial charge in [-0.05, 0) is 12.1 Å². The van der Waals surface area contributed by atoms with Crippen LogP contribution in [-0.2, 0) is 0 Å². The standard InChI is InChI=1S/C10H13FN4O2/c1-15(2)10(16)13-7-5-3-4-6(11)8(7)9(12)14-17/h3-5,17H,1-2H3,(H2,12,14)(H,13,16). The van der Waals surface area contributed by atoms with E-state index in [-0.39, 0.29) is 11.3 Å². The number of carbonyl (C=O) groups is 1. The maximum absolute atomic E-state index is 13.5. The topological polar surface area (TPSA) is 91.0 Å². The number of hydrogen-bond donors (Lipinski definition) is 3. The van der Waals surface area contributed by atoms with Crippen molar-refractivity contribution in [3.8, 4) is 0 Å². The summed E-state index contributed by atoms with van der Waals surface area (Å²) in [5.74, 6) is -1.09. The molecule has 2 amide bonds. The maximum atomic E-state index is 13.5. The highest BCUT2D eigenvalue weighted by atomic mass is 19.1. The largest absolute Gasteiger partial charge is 0.409 e. The molecule has 92 valence electrons. The highest BCUT2D eigenvalue weighted by Gasteiger charge is 2.15. The molecule has 0 radical (unpaired) electrons. The summed E-state index contributed by atoms with van der Waals surface area (Å²) in [6.07, 6.45) is 0. The number of nitrogens with zero attached hydrogens (tertiary/aromatic N) is 2. The van der Waals surface area contributed by atoms with Gasteiger partial charge in [-0.2, -0.15) is 0 Å². The summed E-state index contributed by atoms with van der Waals surface area (Å²) in [4.78, 5) is 12.7. The number of oxime groups is 1. The highest BCUT2D eigenvalue weighted by Crippen LogP contribution is 2.18. The van der Waals surface area contributed by atoms with Crippen molar-refractivity contribution in [2.75, 3.05) is 19.4 Å². The summed E-state index contributed by atoms with van der Waals surface area (Å²) in [5.41, 5.74) is 5.33. The monoisotopic (exact) mass is 240 g/mol. The Morgan fingerprint density at radius 1 is 1.53 bits per heavy atom. The lowest BCUT2D eigenvalue weighted by molar-refractivity contribution is 0.230. The first-order chi connectivity index (χ1) is 7.97. The molecular formula is C10H13FN4O2. The number of nitrogens with one attached hydrogen (secondary N) is 1. The summed E-state index contributed by atoms with van der Waals surface area (Å²) < 4.78 is 13.5. The SMILES string of the molecule is CN(C)C(=O)Nc1cccc(F)c1C(N)=NO. The minimum atomic E-state index is -0.683. The van der Waals surface area contributed by atoms with Crippen LogP contribution >= 0.6 is 0 Å². The Hall–Kier alpha value is -2.31. The van der Waals surface area contributed by atoms with Crippen LogP contribution in [0.5, 0.6) is 0 Å². The minimum Gasteiger partial charge on any atom is -0.409 e. The van der Waals surface area contributed by atoms with E-state index >= 15 is 0 Å². The molecule has 0 bridgehead atoms. The predicted octanol–water partition coefficient (Wildman–Crippen LogP) is 1.01. The fraction of sp³-hybridized carbons (Fsp3) is 0.200. The van der Waals surface area contributed by atoms with Crippen LogP contribution in [-0.4, -0.2) is 36.1 Å². The van der Waals surface area contributed by atoms with Gasteiger partial charge in [0.15, 0.2) is 5.84 Å². The fourth-order valence-corrected chi connectivity index (χ4v) is 1.17. The highest BCUT2D eigenvalue weighted by molar-refractivity contribution is 6.05. The molecule has 0 saturated carbocycles. The summed E-state index contributed by atoms with van der Waals surface area (Å²) >= 11 is 0. The molecule has 0 spiro atoms. The molecule has 6 nitrogen and oxygen atoms in total. The molecular weight excluding hydrogens is 227 g/mol. The average Bonchev–Trinajstić information content (AvgIpc) is 2.28. The van der Waals surface area contributed by atoms with E-state index in [0.717, 1.165) is 6.07 Å². The minimum absolute atomic E-state index is 0.138. The van der Waals surface area contributed by atoms with Crippen LogP contribution < -0.4 is 11.1 Å². The fourth-order valence-electron chi connectivity index (χ4n) is 1.17. The van der Waals surface area contributed by atoms with Crippen LogP contribution in [0.1, 0.15) is 5.56 Å². The number of amides is 2. The van der Waals surface area contributed by atoms with E-state index in [2.05, 4.69) is 10.5 Å². The number of benzene rings is 1. The molecule has 0 heterocycles. The van der Waals surface area contributed by atoms with E-state index < -0.39 is 17.7 Å². The Labute approximate surface area is 97.5 Å². The summed E-state index contributed by atoms with van der Waals surface area (Å²) in [7, 11) is 3.08. The van der Waals surface area contributed by atoms with Gasteiger partial charge in [0.1, 0.15) is 5.82 Å². The molecule has 0 atom stereocenters. The number of amidine groups is 1. The molecule has 1 aromatic carbocycles. The van der Waals surface area contributed by atoms with Crippen LogP contribution in [0.2, 0.25) is 0 Å².